The zero-order valence-corrected chi connectivity index (χ0v) is 23.7. The number of anilines is 3. The number of nitrogens with zero attached hydrogens (tertiary/aromatic N) is 3. The number of aliphatic hydroxyl groups excluding tert-OH is 1. The molecule has 5 N–H and O–H groups in total. The Hall–Kier alpha value is -4.92. The molecular formula is C27H24ClN7O6S. The minimum Gasteiger partial charge on any atom is -0.451 e. The molecule has 5 aromatic rings. The molecule has 0 bridgehead atoms. The summed E-state index contributed by atoms with van der Waals surface area (Å²) in [5.41, 5.74) is 2.97. The number of aromatic amines is 1. The van der Waals surface area contributed by atoms with Crippen molar-refractivity contribution in [2.24, 2.45) is 0 Å². The SMILES string of the molecule is Cc1ccc(Oc2c(CO)nn3nc(-c4cc(NC=O)cc(NC(=O)c5cc(NS(C)(=O)=O)ccc5Cl)c4)[nH]c23)cc1. The molecule has 0 saturated heterocycles. The van der Waals surface area contributed by atoms with Gasteiger partial charge >= 0.3 is 0 Å². The molecule has 0 fully saturated rings. The van der Waals surface area contributed by atoms with Gasteiger partial charge in [0, 0.05) is 22.6 Å². The highest BCUT2D eigenvalue weighted by Gasteiger charge is 2.20. The molecule has 42 heavy (non-hydrogen) atoms. The zero-order valence-electron chi connectivity index (χ0n) is 22.2. The van der Waals surface area contributed by atoms with Gasteiger partial charge in [0.15, 0.2) is 17.2 Å². The quantitative estimate of drug-likeness (QED) is 0.146. The molecule has 0 aliphatic heterocycles. The minimum atomic E-state index is -3.58. The number of aliphatic hydroxyl groups is 1. The van der Waals surface area contributed by atoms with Crippen molar-refractivity contribution in [1.82, 2.24) is 19.8 Å². The van der Waals surface area contributed by atoms with Crippen molar-refractivity contribution < 1.29 is 27.9 Å². The summed E-state index contributed by atoms with van der Waals surface area (Å²) < 4.78 is 32.8. The van der Waals surface area contributed by atoms with Gasteiger partial charge in [-0.05, 0) is 55.5 Å². The Bertz CT molecular complexity index is 1920. The van der Waals surface area contributed by atoms with E-state index in [0.717, 1.165) is 11.8 Å². The number of hydrogen-bond acceptors (Lipinski definition) is 8. The average molecular weight is 610 g/mol. The van der Waals surface area contributed by atoms with Gasteiger partial charge in [-0.3, -0.25) is 14.3 Å². The van der Waals surface area contributed by atoms with E-state index >= 15 is 0 Å². The zero-order chi connectivity index (χ0) is 30.0. The average Bonchev–Trinajstić information content (AvgIpc) is 3.49. The van der Waals surface area contributed by atoms with Gasteiger partial charge in [0.1, 0.15) is 11.4 Å². The van der Waals surface area contributed by atoms with Gasteiger partial charge in [-0.2, -0.15) is 0 Å². The standard InChI is InChI=1S/C27H24ClN7O6S/c1-15-3-6-20(7-4-15)41-24-23(13-36)32-35-26(24)31-25(33-35)16-9-18(29-14-37)11-19(10-16)30-27(38)21-12-17(5-8-22(21)28)34-42(2,39)40/h3-12,14,34,36H,13H2,1-2H3,(H,29,37)(H,30,38)(H,31,33). The maximum Gasteiger partial charge on any atom is 0.257 e. The molecule has 0 atom stereocenters. The van der Waals surface area contributed by atoms with E-state index in [-0.39, 0.29) is 40.0 Å². The van der Waals surface area contributed by atoms with E-state index in [1.165, 1.54) is 28.9 Å². The fourth-order valence-electron chi connectivity index (χ4n) is 4.08. The second-order valence-corrected chi connectivity index (χ2v) is 11.4. The van der Waals surface area contributed by atoms with Crippen molar-refractivity contribution in [3.8, 4) is 22.9 Å². The first-order valence-electron chi connectivity index (χ1n) is 12.3. The highest BCUT2D eigenvalue weighted by Crippen LogP contribution is 2.33. The fraction of sp³-hybridized carbons (Fsp3) is 0.111. The Balaban J connectivity index is 1.49. The van der Waals surface area contributed by atoms with Crippen LogP contribution in [0.3, 0.4) is 0 Å². The van der Waals surface area contributed by atoms with Crippen LogP contribution in [0.15, 0.2) is 60.7 Å². The number of aryl methyl sites for hydroxylation is 1. The number of H-pyrrole nitrogens is 1. The van der Waals surface area contributed by atoms with Crippen molar-refractivity contribution in [1.29, 1.82) is 0 Å². The number of ether oxygens (including phenoxy) is 1. The number of aromatic nitrogens is 4. The van der Waals surface area contributed by atoms with Crippen molar-refractivity contribution in [2.45, 2.75) is 13.5 Å². The number of carbonyl (C=O) groups excluding carboxylic acids is 2. The Morgan fingerprint density at radius 3 is 2.50 bits per heavy atom. The molecule has 5 rings (SSSR count). The number of halogens is 1. The molecule has 0 radical (unpaired) electrons. The Morgan fingerprint density at radius 2 is 1.81 bits per heavy atom. The van der Waals surface area contributed by atoms with Gasteiger partial charge in [0.2, 0.25) is 16.4 Å². The third-order valence-electron chi connectivity index (χ3n) is 5.92. The Kier molecular flexibility index (Phi) is 7.85. The van der Waals surface area contributed by atoms with Crippen molar-refractivity contribution in [2.75, 3.05) is 21.6 Å². The highest BCUT2D eigenvalue weighted by molar-refractivity contribution is 7.92. The van der Waals surface area contributed by atoms with Crippen LogP contribution in [-0.4, -0.2) is 51.9 Å². The third kappa shape index (κ3) is 6.35. The predicted molar refractivity (Wildman–Crippen MR) is 158 cm³/mol. The van der Waals surface area contributed by atoms with Crippen LogP contribution in [0.1, 0.15) is 21.6 Å². The molecule has 0 aliphatic rings. The molecule has 2 heterocycles. The van der Waals surface area contributed by atoms with Crippen LogP contribution in [0.4, 0.5) is 17.1 Å². The number of nitrogens with one attached hydrogen (secondary N) is 4. The number of carbonyl (C=O) groups is 2. The number of benzene rings is 3. The molecule has 2 aromatic heterocycles. The van der Waals surface area contributed by atoms with E-state index in [0.29, 0.717) is 34.9 Å². The van der Waals surface area contributed by atoms with E-state index in [4.69, 9.17) is 16.3 Å². The van der Waals surface area contributed by atoms with Crippen LogP contribution >= 0.6 is 11.6 Å². The fourth-order valence-corrected chi connectivity index (χ4v) is 4.83. The summed E-state index contributed by atoms with van der Waals surface area (Å²) in [6.45, 7) is 1.57. The first-order chi connectivity index (χ1) is 20.0. The van der Waals surface area contributed by atoms with Crippen LogP contribution in [-0.2, 0) is 21.4 Å². The summed E-state index contributed by atoms with van der Waals surface area (Å²) in [5, 5.41) is 23.9. The predicted octanol–water partition coefficient (Wildman–Crippen LogP) is 4.16. The molecule has 0 saturated carbocycles. The normalized spacial score (nSPS) is 11.3. The molecule has 216 valence electrons. The summed E-state index contributed by atoms with van der Waals surface area (Å²) >= 11 is 6.22. The van der Waals surface area contributed by atoms with Crippen molar-refractivity contribution in [3.05, 3.63) is 82.5 Å². The van der Waals surface area contributed by atoms with E-state index in [2.05, 4.69) is 30.5 Å². The molecule has 15 heteroatoms. The van der Waals surface area contributed by atoms with Crippen LogP contribution in [0, 0.1) is 6.92 Å². The first-order valence-corrected chi connectivity index (χ1v) is 14.6. The largest absolute Gasteiger partial charge is 0.451 e. The van der Waals surface area contributed by atoms with E-state index in [1.54, 1.807) is 24.3 Å². The molecule has 13 nitrogen and oxygen atoms in total. The van der Waals surface area contributed by atoms with Gasteiger partial charge in [-0.1, -0.05) is 29.3 Å². The summed E-state index contributed by atoms with van der Waals surface area (Å²) in [7, 11) is -3.58. The molecule has 0 spiro atoms. The van der Waals surface area contributed by atoms with Gasteiger partial charge in [-0.15, -0.1) is 14.8 Å². The third-order valence-corrected chi connectivity index (χ3v) is 6.86. The lowest BCUT2D eigenvalue weighted by Gasteiger charge is -2.12. The number of sulfonamides is 1. The molecular weight excluding hydrogens is 586 g/mol. The summed E-state index contributed by atoms with van der Waals surface area (Å²) in [4.78, 5) is 27.5. The van der Waals surface area contributed by atoms with Gasteiger partial charge in [0.05, 0.1) is 23.4 Å². The van der Waals surface area contributed by atoms with E-state index < -0.39 is 15.9 Å². The monoisotopic (exact) mass is 609 g/mol. The Morgan fingerprint density at radius 1 is 1.07 bits per heavy atom. The van der Waals surface area contributed by atoms with Crippen LogP contribution in [0.5, 0.6) is 11.5 Å². The van der Waals surface area contributed by atoms with Gasteiger partial charge in [0.25, 0.3) is 5.91 Å². The lowest BCUT2D eigenvalue weighted by molar-refractivity contribution is -0.105. The Labute approximate surface area is 244 Å². The maximum atomic E-state index is 13.1. The number of fused-ring (bicyclic) bond motifs is 1. The number of amides is 2. The topological polar surface area (TPSA) is 180 Å². The smallest absolute Gasteiger partial charge is 0.257 e. The van der Waals surface area contributed by atoms with Crippen LogP contribution in [0.25, 0.3) is 17.0 Å². The minimum absolute atomic E-state index is 0.0199. The van der Waals surface area contributed by atoms with Crippen LogP contribution < -0.4 is 20.1 Å². The molecule has 0 aliphatic carbocycles. The van der Waals surface area contributed by atoms with Crippen molar-refractivity contribution >= 4 is 56.7 Å². The van der Waals surface area contributed by atoms with E-state index in [9.17, 15) is 23.1 Å². The lowest BCUT2D eigenvalue weighted by Crippen LogP contribution is -2.15. The lowest BCUT2D eigenvalue weighted by atomic mass is 10.1. The number of hydrogen-bond donors (Lipinski definition) is 5. The molecule has 2 amide bonds. The van der Waals surface area contributed by atoms with Gasteiger partial charge in [-0.25, -0.2) is 8.42 Å². The van der Waals surface area contributed by atoms with Crippen LogP contribution in [0.2, 0.25) is 5.02 Å². The summed E-state index contributed by atoms with van der Waals surface area (Å²) in [6.07, 6.45) is 1.47. The van der Waals surface area contributed by atoms with Gasteiger partial charge < -0.3 is 25.5 Å². The second kappa shape index (κ2) is 11.5. The molecule has 3 aromatic carbocycles. The second-order valence-electron chi connectivity index (χ2n) is 9.24. The van der Waals surface area contributed by atoms with E-state index in [1.807, 2.05) is 19.1 Å². The highest BCUT2D eigenvalue weighted by atomic mass is 35.5. The summed E-state index contributed by atoms with van der Waals surface area (Å²) in [5.74, 6) is 0.520. The van der Waals surface area contributed by atoms with Crippen molar-refractivity contribution in [3.63, 3.8) is 0 Å². The molecule has 0 unspecified atom stereocenters. The summed E-state index contributed by atoms with van der Waals surface area (Å²) in [6, 6.07) is 16.2. The number of rotatable bonds is 10. The first kappa shape index (κ1) is 28.6. The maximum absolute atomic E-state index is 13.1.